The van der Waals surface area contributed by atoms with E-state index in [0.29, 0.717) is 44.0 Å². The first-order valence-corrected chi connectivity index (χ1v) is 12.0. The Kier molecular flexibility index (Phi) is 5.66. The number of sulfonamides is 1. The minimum atomic E-state index is -3.54. The summed E-state index contributed by atoms with van der Waals surface area (Å²) in [5, 5.41) is 2.92. The van der Waals surface area contributed by atoms with Crippen LogP contribution in [0.5, 0.6) is 0 Å². The second-order valence-corrected chi connectivity index (χ2v) is 10.5. The van der Waals surface area contributed by atoms with Crippen molar-refractivity contribution in [1.29, 1.82) is 0 Å². The third-order valence-electron chi connectivity index (χ3n) is 6.10. The maximum atomic E-state index is 13.1. The molecule has 158 valence electrons. The Balaban J connectivity index is 1.58. The normalized spacial score (nSPS) is 21.6. The first-order valence-electron chi connectivity index (χ1n) is 10.6. The zero-order valence-electron chi connectivity index (χ0n) is 16.9. The number of anilines is 1. The van der Waals surface area contributed by atoms with Crippen molar-refractivity contribution >= 4 is 27.5 Å². The minimum Gasteiger partial charge on any atom is -0.352 e. The van der Waals surface area contributed by atoms with Gasteiger partial charge in [0.1, 0.15) is 6.54 Å². The van der Waals surface area contributed by atoms with Gasteiger partial charge in [0, 0.05) is 31.2 Å². The third-order valence-corrected chi connectivity index (χ3v) is 8.00. The van der Waals surface area contributed by atoms with Crippen LogP contribution in [0.4, 0.5) is 5.69 Å². The topological polar surface area (TPSA) is 86.8 Å². The Hall–Kier alpha value is -1.93. The van der Waals surface area contributed by atoms with E-state index in [2.05, 4.69) is 12.2 Å². The first-order chi connectivity index (χ1) is 13.8. The number of hydrogen-bond acceptors (Lipinski definition) is 4. The van der Waals surface area contributed by atoms with Gasteiger partial charge in [0.25, 0.3) is 0 Å². The van der Waals surface area contributed by atoms with Gasteiger partial charge in [-0.1, -0.05) is 6.92 Å². The molecule has 29 heavy (non-hydrogen) atoms. The lowest BCUT2D eigenvalue weighted by atomic mass is 10.0. The number of hydrogen-bond donors (Lipinski definition) is 1. The molecule has 2 amide bonds. The molecule has 0 unspecified atom stereocenters. The van der Waals surface area contributed by atoms with Crippen molar-refractivity contribution in [3.63, 3.8) is 0 Å². The van der Waals surface area contributed by atoms with Crippen LogP contribution >= 0.6 is 0 Å². The van der Waals surface area contributed by atoms with E-state index in [1.54, 1.807) is 22.5 Å². The predicted molar refractivity (Wildman–Crippen MR) is 110 cm³/mol. The van der Waals surface area contributed by atoms with Gasteiger partial charge in [0.15, 0.2) is 0 Å². The molecule has 4 rings (SSSR count). The predicted octanol–water partition coefficient (Wildman–Crippen LogP) is 2.06. The van der Waals surface area contributed by atoms with Crippen molar-refractivity contribution in [2.45, 2.75) is 62.8 Å². The van der Waals surface area contributed by atoms with E-state index in [4.69, 9.17) is 0 Å². The average Bonchev–Trinajstić information content (AvgIpc) is 3.51. The van der Waals surface area contributed by atoms with E-state index in [9.17, 15) is 18.0 Å². The summed E-state index contributed by atoms with van der Waals surface area (Å²) in [5.41, 5.74) is 1.48. The van der Waals surface area contributed by atoms with Crippen LogP contribution in [0.3, 0.4) is 0 Å². The Bertz CT molecular complexity index is 903. The highest BCUT2D eigenvalue weighted by Crippen LogP contribution is 2.31. The van der Waals surface area contributed by atoms with Crippen molar-refractivity contribution in [3.05, 3.63) is 23.8 Å². The lowest BCUT2D eigenvalue weighted by molar-refractivity contribution is -0.123. The molecule has 1 saturated carbocycles. The molecule has 1 N–H and O–H groups in total. The van der Waals surface area contributed by atoms with Gasteiger partial charge in [-0.3, -0.25) is 9.59 Å². The van der Waals surface area contributed by atoms with Crippen molar-refractivity contribution in [2.75, 3.05) is 24.5 Å². The summed E-state index contributed by atoms with van der Waals surface area (Å²) in [6, 6.07) is 5.22. The molecule has 2 fully saturated rings. The molecule has 8 heteroatoms. The number of aryl methyl sites for hydroxylation is 1. The number of benzene rings is 1. The van der Waals surface area contributed by atoms with E-state index < -0.39 is 10.0 Å². The number of carbonyl (C=O) groups is 2. The monoisotopic (exact) mass is 419 g/mol. The molecular weight excluding hydrogens is 390 g/mol. The summed E-state index contributed by atoms with van der Waals surface area (Å²) in [6.45, 7) is 3.23. The maximum absolute atomic E-state index is 13.1. The molecule has 2 aliphatic heterocycles. The van der Waals surface area contributed by atoms with Gasteiger partial charge in [0.2, 0.25) is 21.8 Å². The Morgan fingerprint density at radius 2 is 1.86 bits per heavy atom. The molecule has 0 bridgehead atoms. The summed E-state index contributed by atoms with van der Waals surface area (Å²) in [7, 11) is -3.54. The van der Waals surface area contributed by atoms with Crippen molar-refractivity contribution in [3.8, 4) is 0 Å². The number of rotatable bonds is 5. The van der Waals surface area contributed by atoms with E-state index in [1.165, 1.54) is 4.90 Å². The van der Waals surface area contributed by atoms with Crippen molar-refractivity contribution < 1.29 is 18.0 Å². The van der Waals surface area contributed by atoms with Gasteiger partial charge in [-0.05, 0) is 68.2 Å². The molecule has 7 nitrogen and oxygen atoms in total. The molecule has 1 aliphatic carbocycles. The van der Waals surface area contributed by atoms with Crippen LogP contribution in [0.25, 0.3) is 0 Å². The summed E-state index contributed by atoms with van der Waals surface area (Å²) in [4.78, 5) is 26.7. The highest BCUT2D eigenvalue weighted by atomic mass is 32.2. The summed E-state index contributed by atoms with van der Waals surface area (Å²) in [6.07, 6.45) is 5.38. The zero-order chi connectivity index (χ0) is 20.6. The number of fused-ring (bicyclic) bond motifs is 1. The average molecular weight is 420 g/mol. The maximum Gasteiger partial charge on any atom is 0.243 e. The van der Waals surface area contributed by atoms with E-state index in [0.717, 1.165) is 31.2 Å². The van der Waals surface area contributed by atoms with E-state index in [1.807, 2.05) is 0 Å². The molecule has 1 aromatic rings. The number of amides is 2. The molecule has 1 aromatic carbocycles. The summed E-state index contributed by atoms with van der Waals surface area (Å²) in [5.74, 6) is 0.304. The lowest BCUT2D eigenvalue weighted by Gasteiger charge is -2.30. The van der Waals surface area contributed by atoms with Gasteiger partial charge < -0.3 is 10.2 Å². The molecular formula is C21H29N3O4S. The first kappa shape index (κ1) is 20.3. The number of carbonyl (C=O) groups excluding carboxylic acids is 2. The fraction of sp³-hybridized carbons (Fsp3) is 0.619. The number of nitrogens with one attached hydrogen (secondary N) is 1. The van der Waals surface area contributed by atoms with Gasteiger partial charge in [-0.25, -0.2) is 8.42 Å². The van der Waals surface area contributed by atoms with Crippen LogP contribution < -0.4 is 10.2 Å². The van der Waals surface area contributed by atoms with Gasteiger partial charge in [-0.2, -0.15) is 4.31 Å². The fourth-order valence-corrected chi connectivity index (χ4v) is 5.60. The second kappa shape index (κ2) is 8.07. The molecule has 0 radical (unpaired) electrons. The van der Waals surface area contributed by atoms with Crippen molar-refractivity contribution in [2.24, 2.45) is 5.92 Å². The quantitative estimate of drug-likeness (QED) is 0.791. The lowest BCUT2D eigenvalue weighted by Crippen LogP contribution is -2.41. The van der Waals surface area contributed by atoms with Crippen LogP contribution in [0.2, 0.25) is 0 Å². The van der Waals surface area contributed by atoms with Crippen LogP contribution in [0.15, 0.2) is 23.1 Å². The number of nitrogens with zero attached hydrogens (tertiary/aromatic N) is 2. The van der Waals surface area contributed by atoms with Crippen LogP contribution in [-0.2, 0) is 26.0 Å². The standard InChI is InChI=1S/C21H29N3O4S/c1-15-9-11-23(12-10-15)29(27,28)18-7-8-19-16(13-18)3-2-4-21(26)24(19)14-20(25)22-17-5-6-17/h7-8,13,15,17H,2-6,9-12,14H2,1H3,(H,22,25). The summed E-state index contributed by atoms with van der Waals surface area (Å²) < 4.78 is 27.8. The summed E-state index contributed by atoms with van der Waals surface area (Å²) >= 11 is 0. The minimum absolute atomic E-state index is 0.0154. The molecule has 0 aromatic heterocycles. The SMILES string of the molecule is CC1CCN(S(=O)(=O)c2ccc3c(c2)CCCC(=O)N3CC(=O)NC2CC2)CC1. The molecule has 0 spiro atoms. The van der Waals surface area contributed by atoms with Crippen LogP contribution in [0.1, 0.15) is 51.0 Å². The Morgan fingerprint density at radius 3 is 2.55 bits per heavy atom. The third kappa shape index (κ3) is 4.48. The zero-order valence-corrected chi connectivity index (χ0v) is 17.7. The highest BCUT2D eigenvalue weighted by Gasteiger charge is 2.31. The van der Waals surface area contributed by atoms with E-state index >= 15 is 0 Å². The van der Waals surface area contributed by atoms with Crippen LogP contribution in [-0.4, -0.2) is 50.2 Å². The fourth-order valence-electron chi connectivity index (χ4n) is 4.08. The van der Waals surface area contributed by atoms with Gasteiger partial charge in [-0.15, -0.1) is 0 Å². The van der Waals surface area contributed by atoms with E-state index in [-0.39, 0.29) is 29.3 Å². The highest BCUT2D eigenvalue weighted by molar-refractivity contribution is 7.89. The largest absolute Gasteiger partial charge is 0.352 e. The molecule has 1 saturated heterocycles. The van der Waals surface area contributed by atoms with Crippen LogP contribution in [0, 0.1) is 5.92 Å². The number of piperidine rings is 1. The Morgan fingerprint density at radius 1 is 1.14 bits per heavy atom. The second-order valence-electron chi connectivity index (χ2n) is 8.55. The molecule has 0 atom stereocenters. The Labute approximate surface area is 172 Å². The smallest absolute Gasteiger partial charge is 0.243 e. The van der Waals surface area contributed by atoms with Gasteiger partial charge >= 0.3 is 0 Å². The molecule has 3 aliphatic rings. The molecule has 2 heterocycles. The van der Waals surface area contributed by atoms with Crippen molar-refractivity contribution in [1.82, 2.24) is 9.62 Å². The van der Waals surface area contributed by atoms with Gasteiger partial charge in [0.05, 0.1) is 4.90 Å².